The molecule has 4 rings (SSSR count). The summed E-state index contributed by atoms with van der Waals surface area (Å²) in [6.45, 7) is 0.160. The maximum Gasteiger partial charge on any atom is 0.260 e. The Morgan fingerprint density at radius 2 is 2.09 bits per heavy atom. The Labute approximate surface area is 182 Å². The Hall–Kier alpha value is -3.82. The topological polar surface area (TPSA) is 89.4 Å². The van der Waals surface area contributed by atoms with Crippen molar-refractivity contribution in [2.24, 2.45) is 7.05 Å². The molecule has 3 aromatic rings. The molecule has 1 N–H and O–H groups in total. The Balaban J connectivity index is 1.44. The SMILES string of the molecule is Cn1cc2c(n1)[C@@H](C(=O)NCc1ccccn1)CN(C(=O)COc1ccc(F)cc1F)C2. The van der Waals surface area contributed by atoms with Crippen molar-refractivity contribution in [2.75, 3.05) is 13.2 Å². The molecule has 0 unspecified atom stereocenters. The monoisotopic (exact) mass is 441 g/mol. The lowest BCUT2D eigenvalue weighted by Gasteiger charge is -2.31. The number of fused-ring (bicyclic) bond motifs is 1. The van der Waals surface area contributed by atoms with Gasteiger partial charge in [0.25, 0.3) is 5.91 Å². The van der Waals surface area contributed by atoms with Crippen molar-refractivity contribution in [2.45, 2.75) is 19.0 Å². The van der Waals surface area contributed by atoms with Gasteiger partial charge >= 0.3 is 0 Å². The van der Waals surface area contributed by atoms with Crippen LogP contribution in [0.2, 0.25) is 0 Å². The predicted molar refractivity (Wildman–Crippen MR) is 109 cm³/mol. The van der Waals surface area contributed by atoms with Gasteiger partial charge < -0.3 is 15.0 Å². The van der Waals surface area contributed by atoms with E-state index in [2.05, 4.69) is 15.4 Å². The van der Waals surface area contributed by atoms with E-state index < -0.39 is 30.1 Å². The first-order valence-corrected chi connectivity index (χ1v) is 9.96. The van der Waals surface area contributed by atoms with Gasteiger partial charge in [-0.05, 0) is 24.3 Å². The largest absolute Gasteiger partial charge is 0.481 e. The number of aromatic nitrogens is 3. The van der Waals surface area contributed by atoms with Crippen LogP contribution in [0.3, 0.4) is 0 Å². The number of ether oxygens (including phenoxy) is 1. The molecule has 1 aliphatic heterocycles. The molecule has 0 fully saturated rings. The molecule has 1 atom stereocenters. The molecule has 0 spiro atoms. The second-order valence-electron chi connectivity index (χ2n) is 7.44. The summed E-state index contributed by atoms with van der Waals surface area (Å²) in [7, 11) is 1.74. The van der Waals surface area contributed by atoms with E-state index in [1.165, 1.54) is 4.90 Å². The number of nitrogens with zero attached hydrogens (tertiary/aromatic N) is 4. The lowest BCUT2D eigenvalue weighted by atomic mass is 9.95. The van der Waals surface area contributed by atoms with Gasteiger partial charge in [-0.15, -0.1) is 0 Å². The van der Waals surface area contributed by atoms with Crippen LogP contribution in [0.25, 0.3) is 0 Å². The number of pyridine rings is 1. The van der Waals surface area contributed by atoms with Crippen molar-refractivity contribution in [3.8, 4) is 5.75 Å². The Bertz CT molecular complexity index is 1140. The van der Waals surface area contributed by atoms with E-state index >= 15 is 0 Å². The van der Waals surface area contributed by atoms with Crippen molar-refractivity contribution in [3.05, 3.63) is 77.4 Å². The maximum absolute atomic E-state index is 13.8. The quantitative estimate of drug-likeness (QED) is 0.631. The van der Waals surface area contributed by atoms with Gasteiger partial charge in [0.1, 0.15) is 5.82 Å². The molecule has 0 saturated carbocycles. The molecular formula is C22H21F2N5O3. The zero-order chi connectivity index (χ0) is 22.7. The first kappa shape index (κ1) is 21.4. The molecule has 3 heterocycles. The summed E-state index contributed by atoms with van der Waals surface area (Å²) in [5, 5.41) is 7.25. The fourth-order valence-corrected chi connectivity index (χ4v) is 3.57. The summed E-state index contributed by atoms with van der Waals surface area (Å²) >= 11 is 0. The van der Waals surface area contributed by atoms with Crippen LogP contribution in [0, 0.1) is 11.6 Å². The van der Waals surface area contributed by atoms with Gasteiger partial charge in [-0.1, -0.05) is 6.07 Å². The lowest BCUT2D eigenvalue weighted by Crippen LogP contribution is -2.45. The molecule has 2 aromatic heterocycles. The molecule has 0 saturated heterocycles. The zero-order valence-corrected chi connectivity index (χ0v) is 17.3. The molecule has 2 amide bonds. The van der Waals surface area contributed by atoms with Gasteiger partial charge in [0.15, 0.2) is 18.2 Å². The second-order valence-corrected chi connectivity index (χ2v) is 7.44. The number of halogens is 2. The maximum atomic E-state index is 13.8. The van der Waals surface area contributed by atoms with Crippen molar-refractivity contribution in [1.82, 2.24) is 25.0 Å². The average molecular weight is 441 g/mol. The highest BCUT2D eigenvalue weighted by Crippen LogP contribution is 2.28. The van der Waals surface area contributed by atoms with E-state index in [1.807, 2.05) is 6.07 Å². The fourth-order valence-electron chi connectivity index (χ4n) is 3.57. The number of benzene rings is 1. The summed E-state index contributed by atoms with van der Waals surface area (Å²) in [6, 6.07) is 8.28. The minimum Gasteiger partial charge on any atom is -0.481 e. The van der Waals surface area contributed by atoms with Crippen molar-refractivity contribution < 1.29 is 23.1 Å². The van der Waals surface area contributed by atoms with Crippen molar-refractivity contribution >= 4 is 11.8 Å². The van der Waals surface area contributed by atoms with Crippen LogP contribution in [0.1, 0.15) is 22.9 Å². The molecular weight excluding hydrogens is 420 g/mol. The summed E-state index contributed by atoms with van der Waals surface area (Å²) in [5.41, 5.74) is 2.07. The second kappa shape index (κ2) is 9.13. The van der Waals surface area contributed by atoms with Gasteiger partial charge in [0, 0.05) is 44.2 Å². The number of aryl methyl sites for hydroxylation is 1. The molecule has 0 radical (unpaired) electrons. The van der Waals surface area contributed by atoms with Crippen LogP contribution in [0.15, 0.2) is 48.8 Å². The van der Waals surface area contributed by atoms with Crippen LogP contribution in [0.5, 0.6) is 5.75 Å². The fraction of sp³-hybridized carbons (Fsp3) is 0.273. The van der Waals surface area contributed by atoms with E-state index in [-0.39, 0.29) is 31.3 Å². The van der Waals surface area contributed by atoms with Gasteiger partial charge in [-0.3, -0.25) is 19.3 Å². The third kappa shape index (κ3) is 4.74. The molecule has 1 aliphatic rings. The van der Waals surface area contributed by atoms with Gasteiger partial charge in [0.2, 0.25) is 5.91 Å². The number of hydrogen-bond donors (Lipinski definition) is 1. The highest BCUT2D eigenvalue weighted by molar-refractivity contribution is 5.86. The molecule has 1 aromatic carbocycles. The average Bonchev–Trinajstić information content (AvgIpc) is 3.16. The normalized spacial score (nSPS) is 15.2. The predicted octanol–water partition coefficient (Wildman–Crippen LogP) is 1.91. The number of hydrogen-bond acceptors (Lipinski definition) is 5. The third-order valence-electron chi connectivity index (χ3n) is 5.12. The smallest absolute Gasteiger partial charge is 0.260 e. The van der Waals surface area contributed by atoms with Crippen LogP contribution < -0.4 is 10.1 Å². The first-order chi connectivity index (χ1) is 15.4. The Morgan fingerprint density at radius 1 is 1.25 bits per heavy atom. The Kier molecular flexibility index (Phi) is 6.11. The minimum atomic E-state index is -0.891. The highest BCUT2D eigenvalue weighted by atomic mass is 19.1. The van der Waals surface area contributed by atoms with Gasteiger partial charge in [-0.25, -0.2) is 8.78 Å². The molecule has 8 nitrogen and oxygen atoms in total. The number of amides is 2. The summed E-state index contributed by atoms with van der Waals surface area (Å²) < 4.78 is 33.7. The number of carbonyl (C=O) groups is 2. The van der Waals surface area contributed by atoms with Crippen LogP contribution in [-0.4, -0.2) is 44.6 Å². The third-order valence-corrected chi connectivity index (χ3v) is 5.12. The number of nitrogens with one attached hydrogen (secondary N) is 1. The van der Waals surface area contributed by atoms with Crippen molar-refractivity contribution in [3.63, 3.8) is 0 Å². The standard InChI is InChI=1S/C22H21F2N5O3/c1-28-10-14-11-29(20(30)13-32-19-6-5-15(23)8-18(19)24)12-17(21(14)27-28)22(31)26-9-16-4-2-3-7-25-16/h2-8,10,17H,9,11-13H2,1H3,(H,26,31)/t17-/m0/s1. The van der Waals surface area contributed by atoms with E-state index in [4.69, 9.17) is 4.74 Å². The number of carbonyl (C=O) groups excluding carboxylic acids is 2. The van der Waals surface area contributed by atoms with Gasteiger partial charge in [0.05, 0.1) is 23.9 Å². The van der Waals surface area contributed by atoms with E-state index in [1.54, 1.807) is 36.3 Å². The molecule has 32 heavy (non-hydrogen) atoms. The summed E-state index contributed by atoms with van der Waals surface area (Å²) in [4.78, 5) is 31.3. The van der Waals surface area contributed by atoms with Crippen molar-refractivity contribution in [1.29, 1.82) is 0 Å². The van der Waals surface area contributed by atoms with Crippen LogP contribution in [0.4, 0.5) is 8.78 Å². The van der Waals surface area contributed by atoms with E-state index in [0.717, 1.165) is 17.7 Å². The zero-order valence-electron chi connectivity index (χ0n) is 17.3. The van der Waals surface area contributed by atoms with Crippen LogP contribution in [-0.2, 0) is 29.7 Å². The van der Waals surface area contributed by atoms with E-state index in [9.17, 15) is 18.4 Å². The minimum absolute atomic E-state index is 0.103. The summed E-state index contributed by atoms with van der Waals surface area (Å²) in [5.74, 6) is -3.22. The van der Waals surface area contributed by atoms with Crippen LogP contribution >= 0.6 is 0 Å². The lowest BCUT2D eigenvalue weighted by molar-refractivity contribution is -0.135. The number of rotatable bonds is 6. The van der Waals surface area contributed by atoms with E-state index in [0.29, 0.717) is 17.5 Å². The molecule has 10 heteroatoms. The Morgan fingerprint density at radius 3 is 2.84 bits per heavy atom. The van der Waals surface area contributed by atoms with Gasteiger partial charge in [-0.2, -0.15) is 5.10 Å². The molecule has 0 aliphatic carbocycles. The highest BCUT2D eigenvalue weighted by Gasteiger charge is 2.35. The molecule has 0 bridgehead atoms. The first-order valence-electron chi connectivity index (χ1n) is 9.96. The summed E-state index contributed by atoms with van der Waals surface area (Å²) in [6.07, 6.45) is 3.40. The molecule has 166 valence electrons.